The van der Waals surface area contributed by atoms with E-state index < -0.39 is 12.0 Å². The molecule has 2 N–H and O–H groups in total. The van der Waals surface area contributed by atoms with Crippen LogP contribution in [0.2, 0.25) is 0 Å². The molecule has 0 saturated carbocycles. The number of carboxylic acid groups (broad SMARTS) is 1. The molecular formula is C26H41Cl2InN3O2Zr. The second-order valence-corrected chi connectivity index (χ2v) is 8.19. The molecule has 9 heteroatoms. The summed E-state index contributed by atoms with van der Waals surface area (Å²) in [4.78, 5) is 17.1. The van der Waals surface area contributed by atoms with E-state index in [9.17, 15) is 4.79 Å². The molecule has 0 aromatic heterocycles. The fraction of sp³-hybridized carbons (Fsp3) is 0.615. The Hall–Kier alpha value is 0.0332. The maximum Gasteiger partial charge on any atom is 2.00 e. The van der Waals surface area contributed by atoms with Crippen molar-refractivity contribution in [2.45, 2.75) is 84.1 Å². The Labute approximate surface area is 263 Å². The normalized spacial score (nSPS) is 18.5. The van der Waals surface area contributed by atoms with Crippen molar-refractivity contribution in [1.82, 2.24) is 10.2 Å². The van der Waals surface area contributed by atoms with Gasteiger partial charge in [0.2, 0.25) is 0 Å². The average molecular weight is 705 g/mol. The SMILES string of the molecule is CCCCC1=[C-]CC=C1.CCCCC1=[C-]CC=C1.Cl.Cl.O=C(O)C1CCN2CCCN=C2N1.[In].[Zr+2]. The second-order valence-electron chi connectivity index (χ2n) is 8.19. The number of carboxylic acids is 1. The molecule has 1 unspecified atom stereocenters. The Morgan fingerprint density at radius 2 is 1.60 bits per heavy atom. The quantitative estimate of drug-likeness (QED) is 0.335. The molecule has 0 amide bonds. The summed E-state index contributed by atoms with van der Waals surface area (Å²) in [7, 11) is 0. The fourth-order valence-electron chi connectivity index (χ4n) is 3.68. The number of aliphatic imine (C=N–C) groups is 1. The molecular weight excluding hydrogens is 663 g/mol. The van der Waals surface area contributed by atoms with Crippen LogP contribution < -0.4 is 5.32 Å². The first kappa shape index (κ1) is 39.5. The summed E-state index contributed by atoms with van der Waals surface area (Å²) < 4.78 is 0. The van der Waals surface area contributed by atoms with Gasteiger partial charge in [-0.2, -0.15) is 12.2 Å². The zero-order chi connectivity index (χ0) is 22.3. The minimum absolute atomic E-state index is 0. The molecule has 2 aliphatic heterocycles. The van der Waals surface area contributed by atoms with E-state index in [1.807, 2.05) is 0 Å². The van der Waals surface area contributed by atoms with Crippen LogP contribution >= 0.6 is 24.8 Å². The van der Waals surface area contributed by atoms with E-state index in [0.29, 0.717) is 6.42 Å². The van der Waals surface area contributed by atoms with Crippen LogP contribution in [0.5, 0.6) is 0 Å². The molecule has 193 valence electrons. The number of hydrogen-bond acceptors (Lipinski definition) is 4. The number of carbonyl (C=O) groups is 1. The van der Waals surface area contributed by atoms with Crippen molar-refractivity contribution in [3.05, 3.63) is 47.6 Å². The first-order chi connectivity index (χ1) is 15.1. The molecule has 1 saturated heterocycles. The molecule has 3 radical (unpaired) electrons. The molecule has 2 heterocycles. The van der Waals surface area contributed by atoms with Gasteiger partial charge in [-0.3, -0.25) is 17.1 Å². The van der Waals surface area contributed by atoms with Crippen molar-refractivity contribution in [2.75, 3.05) is 19.6 Å². The number of nitrogens with one attached hydrogen (secondary N) is 1. The third-order valence-corrected chi connectivity index (χ3v) is 5.57. The van der Waals surface area contributed by atoms with Crippen molar-refractivity contribution >= 4 is 62.6 Å². The number of halogens is 2. The molecule has 0 spiro atoms. The molecule has 0 aromatic rings. The molecule has 0 aromatic carbocycles. The Kier molecular flexibility index (Phi) is 27.5. The first-order valence-electron chi connectivity index (χ1n) is 11.9. The predicted octanol–water partition coefficient (Wildman–Crippen LogP) is 5.69. The van der Waals surface area contributed by atoms with Gasteiger partial charge in [0.1, 0.15) is 6.04 Å². The average Bonchev–Trinajstić information content (AvgIpc) is 3.51. The number of guanidine groups is 1. The van der Waals surface area contributed by atoms with E-state index in [4.69, 9.17) is 5.11 Å². The van der Waals surface area contributed by atoms with Gasteiger partial charge < -0.3 is 15.3 Å². The minimum Gasteiger partial charge on any atom is -0.480 e. The Bertz CT molecular complexity index is 693. The van der Waals surface area contributed by atoms with Crippen LogP contribution in [0.15, 0.2) is 40.4 Å². The van der Waals surface area contributed by atoms with E-state index >= 15 is 0 Å². The van der Waals surface area contributed by atoms with Gasteiger partial charge in [0.25, 0.3) is 0 Å². The smallest absolute Gasteiger partial charge is 0.480 e. The van der Waals surface area contributed by atoms with E-state index in [-0.39, 0.29) is 76.9 Å². The van der Waals surface area contributed by atoms with E-state index in [1.54, 1.807) is 0 Å². The van der Waals surface area contributed by atoms with Crippen LogP contribution in [0.1, 0.15) is 78.1 Å². The summed E-state index contributed by atoms with van der Waals surface area (Å²) in [6.45, 7) is 7.06. The minimum atomic E-state index is -0.784. The van der Waals surface area contributed by atoms with Gasteiger partial charge in [0, 0.05) is 45.5 Å². The van der Waals surface area contributed by atoms with E-state index in [0.717, 1.165) is 44.9 Å². The molecule has 2 aliphatic carbocycles. The number of aliphatic carboxylic acids is 1. The molecule has 4 rings (SSSR count). The number of allylic oxidation sites excluding steroid dienone is 8. The molecule has 0 bridgehead atoms. The summed E-state index contributed by atoms with van der Waals surface area (Å²) in [6.07, 6.45) is 26.8. The zero-order valence-electron chi connectivity index (χ0n) is 21.2. The van der Waals surface area contributed by atoms with Gasteiger partial charge in [-0.05, 0) is 12.8 Å². The Morgan fingerprint density at radius 3 is 2.03 bits per heavy atom. The molecule has 1 atom stereocenters. The monoisotopic (exact) mass is 702 g/mol. The summed E-state index contributed by atoms with van der Waals surface area (Å²) in [5.74, 6) is -0.0159. The van der Waals surface area contributed by atoms with Gasteiger partial charge in [-0.1, -0.05) is 52.4 Å². The van der Waals surface area contributed by atoms with Crippen molar-refractivity contribution < 1.29 is 36.1 Å². The standard InChI is InChI=1S/2C9H13.C8H13N3O2.2ClH.In.Zr/c2*1-2-3-6-9-7-4-5-8-9;12-7(13)6-2-5-11-4-1-3-9-8(11)10-6;;;;/h2*4,7H,2-3,5-6H2,1H3;6H,1-5H2,(H,9,10)(H,12,13);2*1H;;/q2*-1;;;;;+2. The third-order valence-electron chi connectivity index (χ3n) is 5.57. The number of rotatable bonds is 7. The van der Waals surface area contributed by atoms with Gasteiger partial charge in [0.15, 0.2) is 5.96 Å². The maximum atomic E-state index is 10.7. The second kappa shape index (κ2) is 24.4. The number of unbranched alkanes of at least 4 members (excludes halogenated alkanes) is 2. The zero-order valence-corrected chi connectivity index (χ0v) is 28.6. The Morgan fingerprint density at radius 1 is 1.06 bits per heavy atom. The van der Waals surface area contributed by atoms with Crippen LogP contribution in [-0.2, 0) is 31.0 Å². The van der Waals surface area contributed by atoms with E-state index in [2.05, 4.69) is 65.5 Å². The van der Waals surface area contributed by atoms with Gasteiger partial charge >= 0.3 is 32.2 Å². The molecule has 4 aliphatic rings. The predicted molar refractivity (Wildman–Crippen MR) is 148 cm³/mol. The van der Waals surface area contributed by atoms with Crippen molar-refractivity contribution in [1.29, 1.82) is 0 Å². The molecule has 5 nitrogen and oxygen atoms in total. The van der Waals surface area contributed by atoms with Crippen LogP contribution in [0.4, 0.5) is 0 Å². The summed E-state index contributed by atoms with van der Waals surface area (Å²) >= 11 is 0. The van der Waals surface area contributed by atoms with Crippen molar-refractivity contribution in [3.63, 3.8) is 0 Å². The third kappa shape index (κ3) is 16.5. The van der Waals surface area contributed by atoms with Gasteiger partial charge in [-0.15, -0.1) is 37.7 Å². The summed E-state index contributed by atoms with van der Waals surface area (Å²) in [6, 6.07) is -0.451. The van der Waals surface area contributed by atoms with E-state index in [1.165, 1.54) is 49.7 Å². The summed E-state index contributed by atoms with van der Waals surface area (Å²) in [5.41, 5.74) is 2.83. The Balaban J connectivity index is -0.000000425. The van der Waals surface area contributed by atoms with Crippen molar-refractivity contribution in [3.8, 4) is 0 Å². The van der Waals surface area contributed by atoms with Gasteiger partial charge in [-0.25, -0.2) is 28.1 Å². The van der Waals surface area contributed by atoms with Crippen LogP contribution in [0.3, 0.4) is 0 Å². The topological polar surface area (TPSA) is 64.9 Å². The first-order valence-corrected chi connectivity index (χ1v) is 11.9. The fourth-order valence-corrected chi connectivity index (χ4v) is 3.68. The van der Waals surface area contributed by atoms with Crippen LogP contribution in [-0.4, -0.2) is 73.5 Å². The maximum absolute atomic E-state index is 10.7. The summed E-state index contributed by atoms with van der Waals surface area (Å²) in [5, 5.41) is 11.7. The largest absolute Gasteiger partial charge is 2.00 e. The number of fused-ring (bicyclic) bond motifs is 1. The van der Waals surface area contributed by atoms with Crippen molar-refractivity contribution in [2.24, 2.45) is 4.99 Å². The van der Waals surface area contributed by atoms with Gasteiger partial charge in [0.05, 0.1) is 0 Å². The number of nitrogens with zero attached hydrogens (tertiary/aromatic N) is 2. The molecule has 35 heavy (non-hydrogen) atoms. The van der Waals surface area contributed by atoms with Crippen LogP contribution in [0.25, 0.3) is 0 Å². The molecule has 1 fully saturated rings. The number of hydrogen-bond donors (Lipinski definition) is 2. The van der Waals surface area contributed by atoms with Crippen LogP contribution in [0, 0.1) is 12.2 Å².